The minimum absolute atomic E-state index is 0.00348. The third-order valence-corrected chi connectivity index (χ3v) is 27.2. The van der Waals surface area contributed by atoms with Crippen LogP contribution in [0.15, 0.2) is 145 Å². The van der Waals surface area contributed by atoms with Crippen molar-refractivity contribution in [3.63, 3.8) is 0 Å². The lowest BCUT2D eigenvalue weighted by molar-refractivity contribution is 0.0115. The number of halogens is 3. The molecule has 5 fully saturated rings. The summed E-state index contributed by atoms with van der Waals surface area (Å²) in [5.41, 5.74) is 5.82. The van der Waals surface area contributed by atoms with Gasteiger partial charge in [0.05, 0.1) is 93.4 Å². The highest BCUT2D eigenvalue weighted by atomic mass is 35.5. The summed E-state index contributed by atoms with van der Waals surface area (Å²) in [4.78, 5) is 39.0. The van der Waals surface area contributed by atoms with Gasteiger partial charge in [-0.1, -0.05) is 59.1 Å². The number of anilines is 14. The Morgan fingerprint density at radius 3 is 1.28 bits per heavy atom. The Balaban J connectivity index is 0.000000176. The molecule has 0 amide bonds. The molecule has 0 unspecified atom stereocenters. The molecule has 6 aromatic carbocycles. The van der Waals surface area contributed by atoms with Gasteiger partial charge in [-0.2, -0.15) is 23.4 Å². The van der Waals surface area contributed by atoms with Crippen molar-refractivity contribution < 1.29 is 50.4 Å². The van der Waals surface area contributed by atoms with Crippen molar-refractivity contribution in [3.05, 3.63) is 155 Å². The van der Waals surface area contributed by atoms with Gasteiger partial charge in [0.2, 0.25) is 17.8 Å². The van der Waals surface area contributed by atoms with Gasteiger partial charge in [0, 0.05) is 123 Å². The summed E-state index contributed by atoms with van der Waals surface area (Å²) in [6.07, 6.45) is 12.0. The molecule has 3 aromatic heterocycles. The van der Waals surface area contributed by atoms with Crippen LogP contribution >= 0.6 is 56.2 Å². The second-order valence-corrected chi connectivity index (χ2v) is 43.6. The van der Waals surface area contributed by atoms with Gasteiger partial charge in [0.25, 0.3) is 10.1 Å². The highest BCUT2D eigenvalue weighted by Crippen LogP contribution is 2.44. The number of para-hydroxylation sites is 2. The van der Waals surface area contributed by atoms with Crippen molar-refractivity contribution >= 4 is 163 Å². The molecule has 646 valence electrons. The number of rotatable bonds is 27. The summed E-state index contributed by atoms with van der Waals surface area (Å²) >= 11 is 19.1. The maximum atomic E-state index is 12.9. The molecule has 9 aromatic rings. The Kier molecular flexibility index (Phi) is 32.3. The lowest BCUT2D eigenvalue weighted by Crippen LogP contribution is -2.53. The van der Waals surface area contributed by atoms with E-state index in [0.29, 0.717) is 85.3 Å². The number of hydrogen-bond acceptors (Lipinski definition) is 28. The predicted octanol–water partition coefficient (Wildman–Crippen LogP) is 15.8. The van der Waals surface area contributed by atoms with Crippen molar-refractivity contribution in [1.29, 1.82) is 0 Å². The number of piperazine rings is 1. The van der Waals surface area contributed by atoms with Crippen LogP contribution in [0.4, 0.5) is 80.8 Å². The van der Waals surface area contributed by atoms with Crippen molar-refractivity contribution in [2.24, 2.45) is 5.92 Å². The van der Waals surface area contributed by atoms with Crippen LogP contribution in [-0.2, 0) is 28.6 Å². The van der Waals surface area contributed by atoms with E-state index in [1.54, 1.807) is 90.7 Å². The van der Waals surface area contributed by atoms with Gasteiger partial charge in [-0.05, 0) is 197 Å². The molecule has 1 aliphatic carbocycles. The first-order valence-corrected chi connectivity index (χ1v) is 50.4. The number of aromatic nitrogens is 6. The second-order valence-electron chi connectivity index (χ2n) is 31.3. The Labute approximate surface area is 720 Å². The Bertz CT molecular complexity index is 5240. The SMILES string of the molecule is CC(C)Oc1cc(N2CCC(N3CCN(CC4CC4)CC3)CC2)ccc1Nc1ncc(Cl)c(Nc2ccccc2P(C)(C)=O)n1.CNC.COc1cc(N2CCC(N3CCOCC3)CC2)ccc1Nc1ncc(Cl)c(Nc2ccc(P(C)(C)=O)cc2OC)n1.COc1cc(P(C)(C)=O)ccc1Nc1ncc(Cl)c(Nc2ccccc2S(=O)(=O)O)n1. The highest BCUT2D eigenvalue weighted by Gasteiger charge is 2.33. The van der Waals surface area contributed by atoms with Crippen molar-refractivity contribution in [2.75, 3.05) is 202 Å². The molecule has 120 heavy (non-hydrogen) atoms. The molecule has 7 heterocycles. The fourth-order valence-corrected chi connectivity index (χ4v) is 18.4. The topological polar surface area (TPSA) is 329 Å². The molecule has 1 saturated carbocycles. The number of piperidine rings is 2. The molecule has 4 aliphatic heterocycles. The molecular formula is C84H112Cl3N18O11P3S. The molecule has 0 atom stereocenters. The number of nitrogens with one attached hydrogen (secondary N) is 7. The number of benzene rings is 6. The molecule has 5 aliphatic rings. The summed E-state index contributed by atoms with van der Waals surface area (Å²) in [5.74, 6) is 5.29. The highest BCUT2D eigenvalue weighted by molar-refractivity contribution is 7.86. The Morgan fingerprint density at radius 1 is 0.475 bits per heavy atom. The molecule has 4 saturated heterocycles. The first-order chi connectivity index (χ1) is 57.3. The number of hydrogen-bond donors (Lipinski definition) is 8. The molecule has 0 spiro atoms. The van der Waals surface area contributed by atoms with Crippen molar-refractivity contribution in [2.45, 2.75) is 75.5 Å². The third-order valence-electron chi connectivity index (χ3n) is 20.9. The zero-order chi connectivity index (χ0) is 86.1. The van der Waals surface area contributed by atoms with Crippen molar-refractivity contribution in [1.82, 2.24) is 49.9 Å². The quantitative estimate of drug-likeness (QED) is 0.0175. The van der Waals surface area contributed by atoms with E-state index in [1.165, 1.54) is 102 Å². The van der Waals surface area contributed by atoms with Gasteiger partial charge < -0.3 is 89.3 Å². The summed E-state index contributed by atoms with van der Waals surface area (Å²) < 4.78 is 98.8. The monoisotopic (exact) mass is 1780 g/mol. The molecule has 8 N–H and O–H groups in total. The van der Waals surface area contributed by atoms with E-state index in [2.05, 4.69) is 116 Å². The summed E-state index contributed by atoms with van der Waals surface area (Å²) in [5, 5.41) is 24.6. The van der Waals surface area contributed by atoms with Gasteiger partial charge in [0.1, 0.15) is 64.4 Å². The van der Waals surface area contributed by atoms with Crippen LogP contribution in [0.5, 0.6) is 23.0 Å². The summed E-state index contributed by atoms with van der Waals surface area (Å²) in [6, 6.07) is 37.6. The number of morpholine rings is 1. The standard InChI is InChI=1S/C34H47ClN7O2P.C29H38ClN6O4P.C19H20ClN4O5PS.C2H7N/c1-24(2)44-31-21-27(41-15-13-26(14-16-41)42-19-17-40(18-20-42)23-25-9-10-25)11-12-29(31)38-34-36-22-28(35)33(39-34)37-30-7-5-6-8-32(30)45(3,4)43;1-38-26-17-21(35-11-9-20(10-12-35)36-13-15-40-16-14-36)5-7-25(26)33-29-31-19-23(30)28(34-29)32-24-8-6-22(41(3,4)37)18-27(24)39-2;1-29-16-10-12(30(2,3)25)8-9-14(16)23-19-21-11-13(20)18(24-19)22-15-6-4-5-7-17(15)31(26,27)28;1-3-2/h5-8,11-12,21-22,24-26H,9-10,13-20,23H2,1-4H3,(H2,36,37,38,39);5-8,17-20H,9-16H2,1-4H3,(H2,31,32,33,34);4-11H,1-3H3,(H,26,27,28)(H2,21,22,23,24);3H,1-2H3. The molecule has 0 bridgehead atoms. The van der Waals surface area contributed by atoms with Crippen LogP contribution < -0.4 is 81.9 Å². The van der Waals surface area contributed by atoms with E-state index in [-0.39, 0.29) is 33.5 Å². The summed E-state index contributed by atoms with van der Waals surface area (Å²) in [7, 11) is -3.41. The third kappa shape index (κ3) is 25.8. The number of ether oxygens (including phenoxy) is 5. The number of nitrogens with zero attached hydrogens (tertiary/aromatic N) is 11. The van der Waals surface area contributed by atoms with Crippen LogP contribution in [-0.4, -0.2) is 236 Å². The van der Waals surface area contributed by atoms with Crippen LogP contribution in [0.25, 0.3) is 0 Å². The maximum Gasteiger partial charge on any atom is 0.296 e. The zero-order valence-corrected chi connectivity index (χ0v) is 76.1. The zero-order valence-electron chi connectivity index (χ0n) is 70.4. The normalized spacial score (nSPS) is 16.0. The average Bonchev–Trinajstić information content (AvgIpc) is 1.37. The largest absolute Gasteiger partial charge is 0.495 e. The van der Waals surface area contributed by atoms with Gasteiger partial charge in [0.15, 0.2) is 17.5 Å². The van der Waals surface area contributed by atoms with Crippen LogP contribution in [0, 0.1) is 5.92 Å². The second kappa shape index (κ2) is 42.0. The van der Waals surface area contributed by atoms with Gasteiger partial charge in [-0.3, -0.25) is 14.4 Å². The lowest BCUT2D eigenvalue weighted by atomic mass is 10.0. The molecule has 36 heteroatoms. The minimum atomic E-state index is -4.45. The first kappa shape index (κ1) is 92.2. The molecule has 0 radical (unpaired) electrons. The van der Waals surface area contributed by atoms with Crippen LogP contribution in [0.2, 0.25) is 15.1 Å². The fourth-order valence-electron chi connectivity index (χ4n) is 14.4. The van der Waals surface area contributed by atoms with Gasteiger partial charge >= 0.3 is 0 Å². The first-order valence-electron chi connectivity index (χ1n) is 40.0. The van der Waals surface area contributed by atoms with E-state index < -0.39 is 31.5 Å². The van der Waals surface area contributed by atoms with E-state index in [4.69, 9.17) is 58.5 Å². The van der Waals surface area contributed by atoms with E-state index in [0.717, 1.165) is 105 Å². The number of methoxy groups -OCH3 is 3. The smallest absolute Gasteiger partial charge is 0.296 e. The van der Waals surface area contributed by atoms with E-state index >= 15 is 0 Å². The predicted molar refractivity (Wildman–Crippen MR) is 491 cm³/mol. The van der Waals surface area contributed by atoms with Crippen LogP contribution in [0.3, 0.4) is 0 Å². The average molecular weight is 1780 g/mol. The molecule has 29 nitrogen and oxygen atoms in total. The minimum Gasteiger partial charge on any atom is -0.495 e. The Hall–Kier alpha value is -8.57. The van der Waals surface area contributed by atoms with E-state index in [9.17, 15) is 26.7 Å². The van der Waals surface area contributed by atoms with Crippen molar-refractivity contribution in [3.8, 4) is 23.0 Å². The fraction of sp³-hybridized carbons (Fsp3) is 0.429. The van der Waals surface area contributed by atoms with Gasteiger partial charge in [-0.15, -0.1) is 0 Å². The lowest BCUT2D eigenvalue weighted by Gasteiger charge is -2.43. The molecule has 14 rings (SSSR count). The maximum absolute atomic E-state index is 12.9. The Morgan fingerprint density at radius 2 is 0.858 bits per heavy atom. The van der Waals surface area contributed by atoms with Gasteiger partial charge in [-0.25, -0.2) is 15.0 Å². The van der Waals surface area contributed by atoms with Crippen LogP contribution in [0.1, 0.15) is 52.4 Å². The molecular weight excluding hydrogens is 1670 g/mol. The van der Waals surface area contributed by atoms with E-state index in [1.807, 2.05) is 76.5 Å². The summed E-state index contributed by atoms with van der Waals surface area (Å²) in [6.45, 7) is 28.4.